The van der Waals surface area contributed by atoms with Crippen molar-refractivity contribution in [1.29, 1.82) is 0 Å². The summed E-state index contributed by atoms with van der Waals surface area (Å²) in [6.07, 6.45) is 3.86. The van der Waals surface area contributed by atoms with Gasteiger partial charge < -0.3 is 9.47 Å². The summed E-state index contributed by atoms with van der Waals surface area (Å²) >= 11 is 8.59. The molecule has 3 rings (SSSR count). The molecule has 2 aromatic rings. The number of likely N-dealkylation sites (N-methyl/N-ethyl adjacent to an activating group) is 2. The van der Waals surface area contributed by atoms with Gasteiger partial charge in [0.15, 0.2) is 16.6 Å². The average Bonchev–Trinajstić information content (AvgIpc) is 2.80. The molecule has 6 nitrogen and oxygen atoms in total. The predicted octanol–water partition coefficient (Wildman–Crippen LogP) is 4.75. The van der Waals surface area contributed by atoms with E-state index in [9.17, 15) is 9.59 Å². The fourth-order valence-corrected chi connectivity index (χ4v) is 3.81. The first-order valence-electron chi connectivity index (χ1n) is 10.4. The minimum atomic E-state index is -0.443. The van der Waals surface area contributed by atoms with Gasteiger partial charge in [-0.2, -0.15) is 0 Å². The van der Waals surface area contributed by atoms with Crippen molar-refractivity contribution in [3.8, 4) is 11.5 Å². The fraction of sp³-hybridized carbons (Fsp3) is 0.240. The normalized spacial score (nSPS) is 13.9. The Morgan fingerprint density at radius 3 is 2.27 bits per heavy atom. The molecule has 0 aromatic heterocycles. The number of allylic oxidation sites excluding steroid dienone is 1. The minimum Gasteiger partial charge on any atom is -0.490 e. The largest absolute Gasteiger partial charge is 0.490 e. The maximum atomic E-state index is 12.7. The Balaban J connectivity index is 2.01. The van der Waals surface area contributed by atoms with Crippen molar-refractivity contribution >= 4 is 51.2 Å². The van der Waals surface area contributed by atoms with E-state index in [4.69, 9.17) is 21.7 Å². The Morgan fingerprint density at radius 1 is 1.06 bits per heavy atom. The number of carbonyl (C=O) groups is 2. The molecule has 172 valence electrons. The topological polar surface area (TPSA) is 59.1 Å². The van der Waals surface area contributed by atoms with Gasteiger partial charge in [0.2, 0.25) is 0 Å². The van der Waals surface area contributed by atoms with E-state index in [2.05, 4.69) is 22.5 Å². The van der Waals surface area contributed by atoms with Crippen molar-refractivity contribution in [2.75, 3.05) is 20.7 Å². The molecule has 0 radical (unpaired) electrons. The molecular weight excluding hydrogens is 504 g/mol. The molecule has 8 heteroatoms. The molecule has 33 heavy (non-hydrogen) atoms. The summed E-state index contributed by atoms with van der Waals surface area (Å²) in [4.78, 5) is 28.0. The van der Waals surface area contributed by atoms with Crippen LogP contribution < -0.4 is 9.47 Å². The number of benzene rings is 2. The lowest BCUT2D eigenvalue weighted by molar-refractivity contribution is -0.132. The SMILES string of the molecule is C=CCc1cc(C=C2C(=O)N(C)C(=S)N(C)C2=O)cc(OCC)c1OCc1ccc(Br)cc1. The van der Waals surface area contributed by atoms with Gasteiger partial charge in [-0.3, -0.25) is 19.4 Å². The van der Waals surface area contributed by atoms with E-state index in [0.717, 1.165) is 15.6 Å². The molecule has 0 bridgehead atoms. The van der Waals surface area contributed by atoms with Crippen molar-refractivity contribution in [1.82, 2.24) is 9.80 Å². The second kappa shape index (κ2) is 10.8. The Kier molecular flexibility index (Phi) is 8.05. The molecule has 1 saturated heterocycles. The van der Waals surface area contributed by atoms with Gasteiger partial charge in [-0.15, -0.1) is 6.58 Å². The maximum absolute atomic E-state index is 12.7. The fourth-order valence-electron chi connectivity index (χ4n) is 3.38. The van der Waals surface area contributed by atoms with E-state index < -0.39 is 11.8 Å². The summed E-state index contributed by atoms with van der Waals surface area (Å²) in [5, 5.41) is 0.168. The van der Waals surface area contributed by atoms with Crippen LogP contribution >= 0.6 is 28.1 Å². The van der Waals surface area contributed by atoms with Gasteiger partial charge in [-0.25, -0.2) is 0 Å². The summed E-state index contributed by atoms with van der Waals surface area (Å²) in [6.45, 7) is 6.52. The molecule has 0 spiro atoms. The summed E-state index contributed by atoms with van der Waals surface area (Å²) in [6, 6.07) is 11.5. The number of carbonyl (C=O) groups excluding carboxylic acids is 2. The number of amides is 2. The second-order valence-corrected chi connectivity index (χ2v) is 8.70. The van der Waals surface area contributed by atoms with Crippen LogP contribution in [0.3, 0.4) is 0 Å². The monoisotopic (exact) mass is 528 g/mol. The van der Waals surface area contributed by atoms with Gasteiger partial charge >= 0.3 is 0 Å². The number of nitrogens with zero attached hydrogens (tertiary/aromatic N) is 2. The first-order chi connectivity index (χ1) is 15.8. The van der Waals surface area contributed by atoms with E-state index in [1.165, 1.54) is 9.80 Å². The number of hydrogen-bond acceptors (Lipinski definition) is 5. The molecule has 0 unspecified atom stereocenters. The van der Waals surface area contributed by atoms with E-state index in [1.54, 1.807) is 32.3 Å². The highest BCUT2D eigenvalue weighted by molar-refractivity contribution is 9.10. The number of ether oxygens (including phenoxy) is 2. The van der Waals surface area contributed by atoms with Crippen LogP contribution in [0.1, 0.15) is 23.6 Å². The Bertz CT molecular complexity index is 1100. The first-order valence-corrected chi connectivity index (χ1v) is 11.6. The summed E-state index contributed by atoms with van der Waals surface area (Å²) in [5.74, 6) is 0.260. The predicted molar refractivity (Wildman–Crippen MR) is 136 cm³/mol. The van der Waals surface area contributed by atoms with Gasteiger partial charge in [0.25, 0.3) is 11.8 Å². The first kappa shape index (κ1) is 24.7. The lowest BCUT2D eigenvalue weighted by Gasteiger charge is -2.31. The molecule has 1 aliphatic heterocycles. The Morgan fingerprint density at radius 2 is 1.70 bits per heavy atom. The van der Waals surface area contributed by atoms with Gasteiger partial charge in [-0.1, -0.05) is 34.1 Å². The summed E-state index contributed by atoms with van der Waals surface area (Å²) in [5.41, 5.74) is 2.53. The minimum absolute atomic E-state index is 0.0316. The van der Waals surface area contributed by atoms with Gasteiger partial charge in [0.05, 0.1) is 6.61 Å². The molecule has 0 atom stereocenters. The van der Waals surface area contributed by atoms with E-state index in [0.29, 0.717) is 36.7 Å². The molecule has 1 fully saturated rings. The van der Waals surface area contributed by atoms with Crippen LogP contribution in [0.25, 0.3) is 6.08 Å². The van der Waals surface area contributed by atoms with Crippen LogP contribution in [0.4, 0.5) is 0 Å². The van der Waals surface area contributed by atoms with Crippen LogP contribution in [0, 0.1) is 0 Å². The zero-order chi connectivity index (χ0) is 24.1. The third-order valence-corrected chi connectivity index (χ3v) is 6.15. The highest BCUT2D eigenvalue weighted by Crippen LogP contribution is 2.35. The third-order valence-electron chi connectivity index (χ3n) is 5.07. The molecule has 2 amide bonds. The summed E-state index contributed by atoms with van der Waals surface area (Å²) in [7, 11) is 3.10. The van der Waals surface area contributed by atoms with Crippen LogP contribution in [0.2, 0.25) is 0 Å². The lowest BCUT2D eigenvalue weighted by atomic mass is 10.0. The van der Waals surface area contributed by atoms with Crippen molar-refractivity contribution in [3.63, 3.8) is 0 Å². The molecular formula is C25H25BrN2O4S. The standard InChI is InChI=1S/C25H25BrN2O4S/c1-5-7-18-12-17(13-20-23(29)27(3)25(33)28(4)24(20)30)14-21(31-6-2)22(18)32-15-16-8-10-19(26)11-9-16/h5,8-14H,1,6-7,15H2,2-4H3. The van der Waals surface area contributed by atoms with Crippen molar-refractivity contribution in [3.05, 3.63) is 75.8 Å². The van der Waals surface area contributed by atoms with Crippen molar-refractivity contribution < 1.29 is 19.1 Å². The van der Waals surface area contributed by atoms with Crippen LogP contribution in [-0.4, -0.2) is 47.4 Å². The van der Waals surface area contributed by atoms with E-state index in [1.807, 2.05) is 37.3 Å². The summed E-state index contributed by atoms with van der Waals surface area (Å²) < 4.78 is 13.0. The second-order valence-electron chi connectivity index (χ2n) is 7.42. The molecule has 1 heterocycles. The average molecular weight is 529 g/mol. The zero-order valence-electron chi connectivity index (χ0n) is 18.8. The number of hydrogen-bond donors (Lipinski definition) is 0. The van der Waals surface area contributed by atoms with Gasteiger partial charge in [-0.05, 0) is 67.0 Å². The molecule has 0 aliphatic carbocycles. The third kappa shape index (κ3) is 5.51. The smallest absolute Gasteiger partial charge is 0.265 e. The van der Waals surface area contributed by atoms with Crippen LogP contribution in [0.15, 0.2) is 59.1 Å². The molecule has 0 saturated carbocycles. The van der Waals surface area contributed by atoms with Crippen LogP contribution in [-0.2, 0) is 22.6 Å². The van der Waals surface area contributed by atoms with Crippen molar-refractivity contribution in [2.45, 2.75) is 20.0 Å². The maximum Gasteiger partial charge on any atom is 0.265 e. The molecule has 2 aromatic carbocycles. The highest BCUT2D eigenvalue weighted by Gasteiger charge is 2.35. The number of rotatable bonds is 8. The van der Waals surface area contributed by atoms with Crippen LogP contribution in [0.5, 0.6) is 11.5 Å². The zero-order valence-corrected chi connectivity index (χ0v) is 21.2. The van der Waals surface area contributed by atoms with Gasteiger partial charge in [0, 0.05) is 24.1 Å². The number of halogens is 1. The molecule has 1 aliphatic rings. The number of thiocarbonyl (C=S) groups is 1. The van der Waals surface area contributed by atoms with E-state index in [-0.39, 0.29) is 10.7 Å². The Hall–Kier alpha value is -2.97. The lowest BCUT2D eigenvalue weighted by Crippen LogP contribution is -2.52. The van der Waals surface area contributed by atoms with Crippen molar-refractivity contribution in [2.24, 2.45) is 0 Å². The van der Waals surface area contributed by atoms with E-state index >= 15 is 0 Å². The highest BCUT2D eigenvalue weighted by atomic mass is 79.9. The van der Waals surface area contributed by atoms with Gasteiger partial charge in [0.1, 0.15) is 12.2 Å². The molecule has 0 N–H and O–H groups in total. The quantitative estimate of drug-likeness (QED) is 0.214. The Labute approximate surface area is 207 Å².